The average Bonchev–Trinajstić information content (AvgIpc) is 3.42. The quantitative estimate of drug-likeness (QED) is 0.567. The molecule has 2 aromatic rings. The van der Waals surface area contributed by atoms with Crippen LogP contribution in [0.1, 0.15) is 73.8 Å². The highest BCUT2D eigenvalue weighted by atomic mass is 35.5. The van der Waals surface area contributed by atoms with E-state index in [9.17, 15) is 14.4 Å². The van der Waals surface area contributed by atoms with Crippen molar-refractivity contribution in [1.82, 2.24) is 9.88 Å². The first kappa shape index (κ1) is 24.7. The van der Waals surface area contributed by atoms with E-state index in [-0.39, 0.29) is 35.1 Å². The fourth-order valence-corrected chi connectivity index (χ4v) is 5.76. The summed E-state index contributed by atoms with van der Waals surface area (Å²) in [6.45, 7) is 7.07. The zero-order valence-electron chi connectivity index (χ0n) is 19.8. The van der Waals surface area contributed by atoms with Crippen LogP contribution >= 0.6 is 22.9 Å². The normalized spacial score (nSPS) is 20.9. The second-order valence-corrected chi connectivity index (χ2v) is 11.6. The van der Waals surface area contributed by atoms with Crippen molar-refractivity contribution < 1.29 is 14.4 Å². The van der Waals surface area contributed by atoms with Gasteiger partial charge in [0.05, 0.1) is 10.7 Å². The third-order valence-corrected chi connectivity index (χ3v) is 8.31. The Hall–Kier alpha value is -2.45. The molecular weight excluding hydrogens is 472 g/mol. The maximum Gasteiger partial charge on any atom is 0.269 e. The van der Waals surface area contributed by atoms with Crippen molar-refractivity contribution in [3.8, 4) is 0 Å². The molecule has 9 heteroatoms. The number of hydrogen-bond acceptors (Lipinski definition) is 5. The van der Waals surface area contributed by atoms with Gasteiger partial charge in [0.1, 0.15) is 10.7 Å². The Morgan fingerprint density at radius 1 is 1.15 bits per heavy atom. The van der Waals surface area contributed by atoms with Gasteiger partial charge in [-0.1, -0.05) is 32.4 Å². The smallest absolute Gasteiger partial charge is 0.269 e. The van der Waals surface area contributed by atoms with Crippen molar-refractivity contribution in [2.75, 3.05) is 17.2 Å². The summed E-state index contributed by atoms with van der Waals surface area (Å²) < 4.78 is 0. The topological polar surface area (TPSA) is 91.4 Å². The van der Waals surface area contributed by atoms with E-state index < -0.39 is 0 Å². The molecule has 1 saturated heterocycles. The van der Waals surface area contributed by atoms with Gasteiger partial charge in [0, 0.05) is 36.0 Å². The van der Waals surface area contributed by atoms with Gasteiger partial charge in [-0.15, -0.1) is 11.3 Å². The van der Waals surface area contributed by atoms with Crippen LogP contribution in [0, 0.1) is 5.92 Å². The summed E-state index contributed by atoms with van der Waals surface area (Å²) in [5, 5.41) is 6.31. The minimum absolute atomic E-state index is 0.0666. The van der Waals surface area contributed by atoms with E-state index in [1.54, 1.807) is 12.1 Å². The van der Waals surface area contributed by atoms with E-state index in [1.807, 2.05) is 11.0 Å². The van der Waals surface area contributed by atoms with Crippen molar-refractivity contribution in [3.05, 3.63) is 39.2 Å². The largest absolute Gasteiger partial charge is 0.340 e. The second kappa shape index (κ2) is 10.0. The van der Waals surface area contributed by atoms with Crippen LogP contribution in [0.3, 0.4) is 0 Å². The van der Waals surface area contributed by atoms with Gasteiger partial charge in [0.15, 0.2) is 0 Å². The van der Waals surface area contributed by atoms with Crippen molar-refractivity contribution in [2.45, 2.75) is 70.8 Å². The van der Waals surface area contributed by atoms with Crippen LogP contribution in [0.15, 0.2) is 24.4 Å². The number of thiophene rings is 1. The SMILES string of the molecule is CC(C)(C)c1cc(NC(=O)[C@H]2CC[C@H](N3CCCC3=O)CC2)c(C(=O)Nc2ccc(Cl)cn2)s1. The number of rotatable bonds is 5. The second-order valence-electron chi connectivity index (χ2n) is 10.1. The van der Waals surface area contributed by atoms with Crippen LogP contribution in [0.4, 0.5) is 11.5 Å². The van der Waals surface area contributed by atoms with Crippen LogP contribution in [-0.4, -0.2) is 40.2 Å². The van der Waals surface area contributed by atoms with E-state index >= 15 is 0 Å². The molecule has 182 valence electrons. The molecule has 1 aliphatic heterocycles. The molecule has 2 fully saturated rings. The van der Waals surface area contributed by atoms with Crippen LogP contribution in [0.5, 0.6) is 0 Å². The molecule has 2 aromatic heterocycles. The first-order valence-corrected chi connectivity index (χ1v) is 13.0. The van der Waals surface area contributed by atoms with E-state index in [4.69, 9.17) is 11.6 Å². The summed E-state index contributed by atoms with van der Waals surface area (Å²) in [5.41, 5.74) is 0.366. The molecule has 1 aliphatic carbocycles. The van der Waals surface area contributed by atoms with Crippen LogP contribution in [-0.2, 0) is 15.0 Å². The Morgan fingerprint density at radius 3 is 2.47 bits per heavy atom. The predicted octanol–water partition coefficient (Wildman–Crippen LogP) is 5.47. The molecule has 34 heavy (non-hydrogen) atoms. The highest BCUT2D eigenvalue weighted by molar-refractivity contribution is 7.15. The molecular formula is C25H31ClN4O3S. The minimum atomic E-state index is -0.318. The number of carbonyl (C=O) groups is 3. The Morgan fingerprint density at radius 2 is 1.88 bits per heavy atom. The van der Waals surface area contributed by atoms with Gasteiger partial charge in [0.2, 0.25) is 11.8 Å². The number of likely N-dealkylation sites (tertiary alicyclic amines) is 1. The summed E-state index contributed by atoms with van der Waals surface area (Å²) in [5.74, 6) is 0.129. The fourth-order valence-electron chi connectivity index (χ4n) is 4.58. The van der Waals surface area contributed by atoms with Crippen LogP contribution in [0.25, 0.3) is 0 Å². The number of hydrogen-bond donors (Lipinski definition) is 2. The number of halogens is 1. The molecule has 1 saturated carbocycles. The molecule has 7 nitrogen and oxygen atoms in total. The van der Waals surface area contributed by atoms with E-state index in [1.165, 1.54) is 17.5 Å². The molecule has 0 spiro atoms. The first-order chi connectivity index (χ1) is 16.1. The predicted molar refractivity (Wildman–Crippen MR) is 136 cm³/mol. The number of aromatic nitrogens is 1. The number of anilines is 2. The lowest BCUT2D eigenvalue weighted by Gasteiger charge is -2.34. The lowest BCUT2D eigenvalue weighted by Crippen LogP contribution is -2.40. The highest BCUT2D eigenvalue weighted by Gasteiger charge is 2.34. The van der Waals surface area contributed by atoms with Crippen molar-refractivity contribution in [3.63, 3.8) is 0 Å². The monoisotopic (exact) mass is 502 g/mol. The van der Waals surface area contributed by atoms with Gasteiger partial charge in [0.25, 0.3) is 5.91 Å². The number of nitrogens with one attached hydrogen (secondary N) is 2. The lowest BCUT2D eigenvalue weighted by molar-refractivity contribution is -0.130. The molecule has 3 heterocycles. The summed E-state index contributed by atoms with van der Waals surface area (Å²) in [4.78, 5) is 45.9. The third-order valence-electron chi connectivity index (χ3n) is 6.52. The van der Waals surface area contributed by atoms with Gasteiger partial charge in [-0.2, -0.15) is 0 Å². The van der Waals surface area contributed by atoms with Gasteiger partial charge >= 0.3 is 0 Å². The maximum absolute atomic E-state index is 13.1. The number of carbonyl (C=O) groups excluding carboxylic acids is 3. The molecule has 2 aliphatic rings. The lowest BCUT2D eigenvalue weighted by atomic mass is 9.84. The Kier molecular flexibility index (Phi) is 7.28. The van der Waals surface area contributed by atoms with Crippen molar-refractivity contribution >= 4 is 52.2 Å². The first-order valence-electron chi connectivity index (χ1n) is 11.8. The average molecular weight is 503 g/mol. The third kappa shape index (κ3) is 5.61. The van der Waals surface area contributed by atoms with E-state index in [0.29, 0.717) is 27.8 Å². The molecule has 4 rings (SSSR count). The number of pyridine rings is 1. The summed E-state index contributed by atoms with van der Waals surface area (Å²) >= 11 is 7.27. The number of nitrogens with zero attached hydrogens (tertiary/aromatic N) is 2. The summed E-state index contributed by atoms with van der Waals surface area (Å²) in [6, 6.07) is 5.45. The van der Waals surface area contributed by atoms with Crippen LogP contribution < -0.4 is 10.6 Å². The highest BCUT2D eigenvalue weighted by Crippen LogP contribution is 2.37. The maximum atomic E-state index is 13.1. The fraction of sp³-hybridized carbons (Fsp3) is 0.520. The Balaban J connectivity index is 1.45. The van der Waals surface area contributed by atoms with Crippen molar-refractivity contribution in [2.24, 2.45) is 5.92 Å². The molecule has 0 radical (unpaired) electrons. The van der Waals surface area contributed by atoms with E-state index in [0.717, 1.165) is 43.5 Å². The standard InChI is InChI=1S/C25H31ClN4O3S/c1-25(2,3)19-13-18(22(34-19)24(33)29-20-11-8-16(26)14-27-20)28-23(32)15-6-9-17(10-7-15)30-12-4-5-21(30)31/h8,11,13-15,17H,4-7,9-10,12H2,1-3H3,(H,28,32)(H,27,29,33)/t15-,17-. The molecule has 0 atom stereocenters. The van der Waals surface area contributed by atoms with Gasteiger partial charge in [-0.25, -0.2) is 4.98 Å². The number of amides is 3. The molecule has 0 bridgehead atoms. The summed E-state index contributed by atoms with van der Waals surface area (Å²) in [6.07, 6.45) is 6.22. The van der Waals surface area contributed by atoms with E-state index in [2.05, 4.69) is 36.4 Å². The molecule has 2 N–H and O–H groups in total. The summed E-state index contributed by atoms with van der Waals surface area (Å²) in [7, 11) is 0. The molecule has 0 aromatic carbocycles. The Bertz CT molecular complexity index is 1070. The zero-order valence-corrected chi connectivity index (χ0v) is 21.4. The minimum Gasteiger partial charge on any atom is -0.340 e. The molecule has 0 unspecified atom stereocenters. The van der Waals surface area contributed by atoms with Gasteiger partial charge in [-0.05, 0) is 55.7 Å². The zero-order chi connectivity index (χ0) is 24.5. The van der Waals surface area contributed by atoms with Gasteiger partial charge in [-0.3, -0.25) is 14.4 Å². The molecule has 3 amide bonds. The van der Waals surface area contributed by atoms with Gasteiger partial charge < -0.3 is 15.5 Å². The Labute approximate surface area is 209 Å². The van der Waals surface area contributed by atoms with Crippen molar-refractivity contribution in [1.29, 1.82) is 0 Å². The van der Waals surface area contributed by atoms with Crippen LogP contribution in [0.2, 0.25) is 5.02 Å².